The van der Waals surface area contributed by atoms with Crippen molar-refractivity contribution in [2.75, 3.05) is 0 Å². The zero-order valence-corrected chi connectivity index (χ0v) is 22.6. The van der Waals surface area contributed by atoms with Crippen LogP contribution >= 0.6 is 0 Å². The number of rotatable bonds is 2. The molecule has 0 unspecified atom stereocenters. The minimum Gasteiger partial charge on any atom is -0.457 e. The third kappa shape index (κ3) is 4.14. The number of nitrogens with zero attached hydrogens (tertiary/aromatic N) is 2. The van der Waals surface area contributed by atoms with Crippen molar-refractivity contribution in [3.63, 3.8) is 0 Å². The van der Waals surface area contributed by atoms with Gasteiger partial charge in [-0.1, -0.05) is 53.9 Å². The summed E-state index contributed by atoms with van der Waals surface area (Å²) < 4.78 is 5.93. The number of hydrogen-bond acceptors (Lipinski definition) is 3. The van der Waals surface area contributed by atoms with E-state index >= 15 is 0 Å². The van der Waals surface area contributed by atoms with E-state index in [0.717, 1.165) is 38.7 Å². The maximum atomic E-state index is 5.93. The van der Waals surface area contributed by atoms with E-state index in [9.17, 15) is 0 Å². The molecule has 0 aliphatic heterocycles. The molecule has 1 radical (unpaired) electrons. The van der Waals surface area contributed by atoms with Gasteiger partial charge in [0.15, 0.2) is 0 Å². The first-order valence-corrected chi connectivity index (χ1v) is 12.2. The topological polar surface area (TPSA) is 38.9 Å². The van der Waals surface area contributed by atoms with E-state index in [1.54, 1.807) is 6.20 Å². The standard InChI is InChI=1S/C17H8NO.C17H12N.Ir/c1-2-5-12-10(4-1)11-6-3-7-13-15(11)16-14(19-13)8-9-18-17(12)16;1-3-7-14(8-4-1)16-11-12-18-17(13-16)15-9-5-2-6-10-15;/h1-4,6-9H;1-9,11-13H;/q2*-1;. The second-order valence-electron chi connectivity index (χ2n) is 8.84. The first kappa shape index (κ1) is 24.0. The van der Waals surface area contributed by atoms with Crippen LogP contribution in [-0.2, 0) is 20.1 Å². The van der Waals surface area contributed by atoms with Crippen molar-refractivity contribution in [1.82, 2.24) is 9.97 Å². The molecule has 0 atom stereocenters. The van der Waals surface area contributed by atoms with Crippen LogP contribution < -0.4 is 0 Å². The first-order valence-electron chi connectivity index (χ1n) is 12.2. The minimum absolute atomic E-state index is 0. The summed E-state index contributed by atoms with van der Waals surface area (Å²) in [7, 11) is 0. The van der Waals surface area contributed by atoms with Gasteiger partial charge in [-0.25, -0.2) is 0 Å². The smallest absolute Gasteiger partial charge is 0.134 e. The number of fused-ring (bicyclic) bond motifs is 3. The molecule has 0 fully saturated rings. The average molecular weight is 665 g/mol. The molecule has 0 bridgehead atoms. The van der Waals surface area contributed by atoms with Gasteiger partial charge in [0.05, 0.1) is 0 Å². The molecule has 0 amide bonds. The van der Waals surface area contributed by atoms with E-state index in [-0.39, 0.29) is 20.1 Å². The Morgan fingerprint density at radius 3 is 2.24 bits per heavy atom. The Morgan fingerprint density at radius 1 is 0.579 bits per heavy atom. The molecule has 0 aliphatic rings. The average Bonchev–Trinajstić information content (AvgIpc) is 3.38. The van der Waals surface area contributed by atoms with Crippen LogP contribution in [0.4, 0.5) is 0 Å². The second-order valence-corrected chi connectivity index (χ2v) is 8.84. The van der Waals surface area contributed by atoms with E-state index < -0.39 is 0 Å². The summed E-state index contributed by atoms with van der Waals surface area (Å²) in [5.74, 6) is 0. The third-order valence-electron chi connectivity index (χ3n) is 6.64. The van der Waals surface area contributed by atoms with Crippen LogP contribution in [0, 0.1) is 12.1 Å². The number of benzene rings is 5. The van der Waals surface area contributed by atoms with Gasteiger partial charge >= 0.3 is 0 Å². The Kier molecular flexibility index (Phi) is 6.43. The molecule has 3 nitrogen and oxygen atoms in total. The molecule has 8 rings (SSSR count). The molecule has 4 heteroatoms. The largest absolute Gasteiger partial charge is 0.457 e. The van der Waals surface area contributed by atoms with Crippen molar-refractivity contribution in [2.24, 2.45) is 0 Å². The molecule has 0 aliphatic carbocycles. The maximum absolute atomic E-state index is 5.93. The maximum Gasteiger partial charge on any atom is 0.134 e. The molecule has 0 N–H and O–H groups in total. The van der Waals surface area contributed by atoms with Crippen molar-refractivity contribution < 1.29 is 24.5 Å². The molecule has 3 heterocycles. The van der Waals surface area contributed by atoms with Gasteiger partial charge in [0.1, 0.15) is 11.2 Å². The molecule has 0 spiro atoms. The minimum atomic E-state index is 0. The molecule has 3 aromatic heterocycles. The van der Waals surface area contributed by atoms with Gasteiger partial charge in [0.2, 0.25) is 0 Å². The fourth-order valence-corrected chi connectivity index (χ4v) is 4.98. The number of furan rings is 1. The summed E-state index contributed by atoms with van der Waals surface area (Å²) in [6, 6.07) is 43.1. The Morgan fingerprint density at radius 2 is 1.37 bits per heavy atom. The predicted octanol–water partition coefficient (Wildman–Crippen LogP) is 8.74. The molecule has 0 saturated heterocycles. The Labute approximate surface area is 233 Å². The SMILES string of the molecule is [Ir].[c-]1cccc2c1c1nccc3oc4cccc2c4c31.[c-]1ccccc1-c1cc(-c2ccccc2)ccn1. The summed E-state index contributed by atoms with van der Waals surface area (Å²) >= 11 is 0. The molecule has 183 valence electrons. The van der Waals surface area contributed by atoms with Crippen molar-refractivity contribution in [1.29, 1.82) is 0 Å². The first-order chi connectivity index (χ1) is 18.4. The normalized spacial score (nSPS) is 10.9. The van der Waals surface area contributed by atoms with Gasteiger partial charge in [0, 0.05) is 48.8 Å². The fraction of sp³-hybridized carbons (Fsp3) is 0. The van der Waals surface area contributed by atoms with Crippen LogP contribution in [0.5, 0.6) is 0 Å². The third-order valence-corrected chi connectivity index (χ3v) is 6.64. The van der Waals surface area contributed by atoms with E-state index in [1.807, 2.05) is 85.1 Å². The molecule has 5 aromatic carbocycles. The Bertz CT molecular complexity index is 1840. The second kappa shape index (κ2) is 10.2. The monoisotopic (exact) mass is 665 g/mol. The van der Waals surface area contributed by atoms with E-state index in [4.69, 9.17) is 4.42 Å². The van der Waals surface area contributed by atoms with Crippen molar-refractivity contribution in [3.8, 4) is 22.4 Å². The molecule has 8 aromatic rings. The van der Waals surface area contributed by atoms with Crippen LogP contribution in [0.2, 0.25) is 0 Å². The van der Waals surface area contributed by atoms with Gasteiger partial charge in [-0.05, 0) is 40.4 Å². The van der Waals surface area contributed by atoms with E-state index in [0.29, 0.717) is 0 Å². The van der Waals surface area contributed by atoms with Crippen molar-refractivity contribution in [2.45, 2.75) is 0 Å². The van der Waals surface area contributed by atoms with Crippen LogP contribution in [0.15, 0.2) is 126 Å². The zero-order chi connectivity index (χ0) is 24.6. The van der Waals surface area contributed by atoms with Gasteiger partial charge in [-0.15, -0.1) is 65.5 Å². The fourth-order valence-electron chi connectivity index (χ4n) is 4.98. The van der Waals surface area contributed by atoms with E-state index in [1.165, 1.54) is 27.3 Å². The summed E-state index contributed by atoms with van der Waals surface area (Å²) in [6.45, 7) is 0. The van der Waals surface area contributed by atoms with Crippen molar-refractivity contribution >= 4 is 43.6 Å². The molecular weight excluding hydrogens is 645 g/mol. The predicted molar refractivity (Wildman–Crippen MR) is 150 cm³/mol. The summed E-state index contributed by atoms with van der Waals surface area (Å²) in [5, 5.41) is 5.75. The molecular formula is C34H20IrN2O-2. The zero-order valence-electron chi connectivity index (χ0n) is 20.2. The van der Waals surface area contributed by atoms with Gasteiger partial charge in [-0.3, -0.25) is 0 Å². The summed E-state index contributed by atoms with van der Waals surface area (Å²) in [4.78, 5) is 8.95. The van der Waals surface area contributed by atoms with E-state index in [2.05, 4.69) is 52.4 Å². The summed E-state index contributed by atoms with van der Waals surface area (Å²) in [6.07, 6.45) is 3.65. The number of pyridine rings is 2. The number of aromatic nitrogens is 2. The number of hydrogen-bond donors (Lipinski definition) is 0. The van der Waals surface area contributed by atoms with Gasteiger partial charge in [-0.2, -0.15) is 0 Å². The van der Waals surface area contributed by atoms with Gasteiger partial charge in [0.25, 0.3) is 0 Å². The van der Waals surface area contributed by atoms with Crippen LogP contribution in [-0.4, -0.2) is 9.97 Å². The van der Waals surface area contributed by atoms with Crippen LogP contribution in [0.25, 0.3) is 66.0 Å². The van der Waals surface area contributed by atoms with Crippen LogP contribution in [0.1, 0.15) is 0 Å². The Balaban J connectivity index is 0.000000136. The molecule has 0 saturated carbocycles. The van der Waals surface area contributed by atoms with Crippen LogP contribution in [0.3, 0.4) is 0 Å². The van der Waals surface area contributed by atoms with Gasteiger partial charge < -0.3 is 14.4 Å². The molecule has 38 heavy (non-hydrogen) atoms. The quantitative estimate of drug-likeness (QED) is 0.137. The Hall–Kier alpha value is -4.37. The van der Waals surface area contributed by atoms with Crippen molar-refractivity contribution in [3.05, 3.63) is 134 Å². The summed E-state index contributed by atoms with van der Waals surface area (Å²) in [5.41, 5.74) is 7.17.